The van der Waals surface area contributed by atoms with Gasteiger partial charge in [0.15, 0.2) is 62.5 Å². The summed E-state index contributed by atoms with van der Waals surface area (Å²) >= 11 is 27.0. The molecular weight excluding hydrogens is 2160 g/mol. The molecule has 4 aromatic carbocycles. The van der Waals surface area contributed by atoms with Gasteiger partial charge in [0, 0.05) is 133 Å². The van der Waals surface area contributed by atoms with Gasteiger partial charge in [-0.05, 0) is 221 Å². The zero-order valence-corrected chi connectivity index (χ0v) is 90.8. The van der Waals surface area contributed by atoms with Crippen LogP contribution in [0.4, 0.5) is 17.1 Å². The number of aromatic nitrogens is 12. The van der Waals surface area contributed by atoms with Crippen molar-refractivity contribution in [3.63, 3.8) is 0 Å². The molecule has 150 heavy (non-hydrogen) atoms. The number of anilines is 3. The van der Waals surface area contributed by atoms with Gasteiger partial charge < -0.3 is 30.5 Å². The highest BCUT2D eigenvalue weighted by Gasteiger charge is 2.30. The number of pyridine rings is 4. The Labute approximate surface area is 896 Å². The number of Topliss-reactive ketones (excluding diaryl/α,β-unsaturated/α-hetero) is 4. The summed E-state index contributed by atoms with van der Waals surface area (Å²) in [7, 11) is -13.0. The van der Waals surface area contributed by atoms with Crippen molar-refractivity contribution >= 4 is 221 Å². The smallest absolute Gasteiger partial charge is 0.267 e. The van der Waals surface area contributed by atoms with Gasteiger partial charge in [0.1, 0.15) is 92.3 Å². The first-order valence-electron chi connectivity index (χ1n) is 47.2. The molecule has 12 aromatic heterocycles. The van der Waals surface area contributed by atoms with Gasteiger partial charge in [-0.2, -0.15) is 0 Å². The number of carbonyl (C=O) groups excluding carboxylic acids is 4. The van der Waals surface area contributed by atoms with Gasteiger partial charge in [0.25, 0.3) is 22.2 Å². The van der Waals surface area contributed by atoms with E-state index in [1.807, 2.05) is 55.6 Å². The van der Waals surface area contributed by atoms with Crippen molar-refractivity contribution in [3.05, 3.63) is 304 Å². The third-order valence-electron chi connectivity index (χ3n) is 24.8. The molecule has 0 saturated carbocycles. The predicted molar refractivity (Wildman–Crippen MR) is 586 cm³/mol. The van der Waals surface area contributed by atoms with E-state index in [0.29, 0.717) is 130 Å². The highest BCUT2D eigenvalue weighted by atomic mass is 35.5. The number of hydrogen-bond acceptors (Lipinski definition) is 36. The summed E-state index contributed by atoms with van der Waals surface area (Å²) in [6.07, 6.45) is 8.89. The second kappa shape index (κ2) is 47.0. The molecule has 4 aliphatic rings. The van der Waals surface area contributed by atoms with E-state index in [9.17, 15) is 72.0 Å². The Hall–Kier alpha value is -12.8. The monoisotopic (exact) mass is 2260 g/mol. The molecule has 4 aliphatic heterocycles. The fourth-order valence-electron chi connectivity index (χ4n) is 17.5. The molecule has 16 heterocycles. The molecule has 0 amide bonds. The van der Waals surface area contributed by atoms with Gasteiger partial charge in [0.2, 0.25) is 0 Å². The van der Waals surface area contributed by atoms with Gasteiger partial charge in [-0.1, -0.05) is 76.7 Å². The number of morpholine rings is 1. The summed E-state index contributed by atoms with van der Waals surface area (Å²) < 4.78 is 112. The number of fused-ring (bicyclic) bond motifs is 5. The lowest BCUT2D eigenvalue weighted by molar-refractivity contribution is -0.116. The van der Waals surface area contributed by atoms with Gasteiger partial charge in [-0.15, -0.1) is 45.3 Å². The fraction of sp³-hybridized carbons (Fsp3) is 0.284. The van der Waals surface area contributed by atoms with Crippen molar-refractivity contribution in [2.24, 2.45) is 4.99 Å². The van der Waals surface area contributed by atoms with Gasteiger partial charge in [0.05, 0.1) is 80.7 Å². The predicted octanol–water partition coefficient (Wildman–Crippen LogP) is 13.5. The molecule has 36 nitrogen and oxygen atoms in total. The Morgan fingerprint density at radius 1 is 0.393 bits per heavy atom. The number of amidine groups is 1. The number of halogens is 4. The van der Waals surface area contributed by atoms with Crippen LogP contribution < -0.4 is 38.2 Å². The average molecular weight is 2260 g/mol. The summed E-state index contributed by atoms with van der Waals surface area (Å²) in [5, 5.41) is 12.0. The number of ether oxygens (including phenoxy) is 1. The number of benzene rings is 4. The lowest BCUT2D eigenvalue weighted by Crippen LogP contribution is -2.39. The maximum Gasteiger partial charge on any atom is 0.267 e. The Morgan fingerprint density at radius 2 is 0.727 bits per heavy atom. The molecule has 2 saturated heterocycles. The van der Waals surface area contributed by atoms with E-state index in [-0.39, 0.29) is 64.8 Å². The summed E-state index contributed by atoms with van der Waals surface area (Å²) in [5.74, 6) is -0.0469. The maximum atomic E-state index is 13.4. The second-order valence-electron chi connectivity index (χ2n) is 35.8. The normalized spacial score (nSPS) is 13.9. The number of nitrogens with one attached hydrogen (secondary N) is 3. The zero-order valence-electron chi connectivity index (χ0n) is 81.2. The first-order chi connectivity index (χ1) is 71.7. The molecule has 778 valence electrons. The number of aliphatic imine (C=N–C) groups is 1. The van der Waals surface area contributed by atoms with Crippen LogP contribution in [-0.2, 0) is 95.4 Å². The summed E-state index contributed by atoms with van der Waals surface area (Å²) in [5.41, 5.74) is 8.44. The number of nitrogens with zero attached hydrogens (tertiary/aromatic N) is 16. The lowest BCUT2D eigenvalue weighted by atomic mass is 10.1. The van der Waals surface area contributed by atoms with Crippen LogP contribution in [0.2, 0.25) is 17.3 Å². The molecule has 20 rings (SSSR count). The number of aryl methyl sites for hydroxylation is 4. The van der Waals surface area contributed by atoms with Crippen LogP contribution in [0.15, 0.2) is 230 Å². The van der Waals surface area contributed by atoms with Crippen molar-refractivity contribution in [3.8, 4) is 23.3 Å². The molecule has 0 spiro atoms. The van der Waals surface area contributed by atoms with E-state index in [1.165, 1.54) is 104 Å². The van der Waals surface area contributed by atoms with Crippen LogP contribution in [0, 0.1) is 27.7 Å². The zero-order chi connectivity index (χ0) is 106. The van der Waals surface area contributed by atoms with Crippen LogP contribution in [0.1, 0.15) is 69.5 Å². The molecule has 0 atom stereocenters. The van der Waals surface area contributed by atoms with Crippen LogP contribution in [0.25, 0.3) is 66.9 Å². The molecule has 2 fully saturated rings. The Morgan fingerprint density at radius 3 is 1.05 bits per heavy atom. The van der Waals surface area contributed by atoms with E-state index in [2.05, 4.69) is 75.5 Å². The molecule has 48 heteroatoms. The number of sulfone groups is 4. The Kier molecular flexibility index (Phi) is 34.0. The van der Waals surface area contributed by atoms with Crippen LogP contribution in [0.5, 0.6) is 0 Å². The third-order valence-corrected chi connectivity index (χ3v) is 38.8. The molecule has 0 aliphatic carbocycles. The van der Waals surface area contributed by atoms with Crippen molar-refractivity contribution < 1.29 is 57.6 Å². The van der Waals surface area contributed by atoms with Crippen molar-refractivity contribution in [1.29, 1.82) is 0 Å². The standard InChI is InChI=1S/C27H28ClN5O5S2.C27H28ClN5O4S2.C25H22ClN5O4S2.C23H19ClN4O4S2/c1-18-31-23-15-20(29-8-9-32-10-12-38-13-11-32)3-4-22(23)27(35)33(18)25-6-2-19(16-30-25)14-21(34)17-40(36,37)26-7-5-24(28)39-26;1-18-31-23-15-20(29-10-13-32-11-2-3-12-32)5-6-22(23)27(35)33(18)25-8-4-19(16-30-25)14-21(34)17-39(36,37)26-9-7-24(28)38-26;1-15-29-20-12-17(24-27-9-10-30(24)2)4-5-19(20)25(33)31(15)22-7-3-16(13-28-22)11-18(32)14-37(34,35)23-8-6-21(26)36-23;1-13-27-19-10-18-15(6-7-25-18)9-17(19)23(30)28(13)21-4-2-14(11-26-21)8-16(29)12-34(31,32)22-5-3-20(24)33-22/h2-7,15-16,29H,8-14,17H2,1H3;4-9,15-16,29H,2-3,10-14,17H2,1H3;3-8,12-13H,9-11,14H2,1-2H3;2-5,9-11,25H,6-8,12H2,1H3. The number of thiophene rings is 4. The number of likely N-dealkylation sites (tertiary alicyclic amines) is 1. The van der Waals surface area contributed by atoms with E-state index in [1.54, 1.807) is 94.4 Å². The minimum absolute atomic E-state index is 0.0633. The highest BCUT2D eigenvalue weighted by molar-refractivity contribution is 7.95. The van der Waals surface area contributed by atoms with E-state index >= 15 is 0 Å². The average Bonchev–Trinajstić information content (AvgIpc) is 1.48. The maximum absolute atomic E-state index is 13.4. The quantitative estimate of drug-likeness (QED) is 0.0344. The van der Waals surface area contributed by atoms with Crippen molar-refractivity contribution in [2.75, 3.05) is 131 Å². The molecule has 0 bridgehead atoms. The number of ketones is 4. The van der Waals surface area contributed by atoms with E-state index in [4.69, 9.17) is 51.1 Å². The van der Waals surface area contributed by atoms with Crippen LogP contribution in [-0.4, -0.2) is 251 Å². The lowest BCUT2D eigenvalue weighted by Gasteiger charge is -2.26. The highest BCUT2D eigenvalue weighted by Crippen LogP contribution is 2.34. The number of hydrogen-bond donors (Lipinski definition) is 3. The van der Waals surface area contributed by atoms with E-state index < -0.39 is 85.5 Å². The minimum atomic E-state index is -3.76. The minimum Gasteiger partial charge on any atom is -0.384 e. The summed E-state index contributed by atoms with van der Waals surface area (Å²) in [6, 6.07) is 45.0. The van der Waals surface area contributed by atoms with Gasteiger partial charge in [-0.3, -0.25) is 48.2 Å². The van der Waals surface area contributed by atoms with Crippen molar-refractivity contribution in [2.45, 2.75) is 89.5 Å². The summed E-state index contributed by atoms with van der Waals surface area (Å²) in [4.78, 5) is 150. The number of carbonyl (C=O) groups is 4. The molecule has 3 N–H and O–H groups in total. The fourth-order valence-corrected chi connectivity index (χ4v) is 28.8. The molecule has 16 aromatic rings. The molecular formula is C102H97Cl4N19O17S8. The number of likely N-dealkylation sites (N-methyl/N-ethyl adjacent to an activating group) is 1. The van der Waals surface area contributed by atoms with Gasteiger partial charge >= 0.3 is 0 Å². The SMILES string of the molecule is Cc1nc2cc(C3=NCCN3C)ccc2c(=O)n1-c1ccc(CC(=O)CS(=O)(=O)c2ccc(Cl)s2)cn1.Cc1nc2cc(NCCN3CCCC3)ccc2c(=O)n1-c1ccc(CC(=O)CS(=O)(=O)c2ccc(Cl)s2)cn1.Cc1nc2cc(NCCN3CCOCC3)ccc2c(=O)n1-c1ccc(CC(=O)CS(=O)(=O)c2ccc(Cl)s2)cn1.Cc1nc2cc3c(cc2c(=O)n1-c1ccc(CC(=O)CS(=O)(=O)c2ccc(Cl)s2)cn1)CCN3. The van der Waals surface area contributed by atoms with E-state index in [0.717, 1.165) is 171 Å². The van der Waals surface area contributed by atoms with Crippen LogP contribution in [0.3, 0.4) is 0 Å². The first kappa shape index (κ1) is 108. The Bertz CT molecular complexity index is 8720. The Balaban J connectivity index is 0.000000136. The third kappa shape index (κ3) is 26.2. The van der Waals surface area contributed by atoms with Crippen molar-refractivity contribution in [1.82, 2.24) is 72.8 Å². The van der Waals surface area contributed by atoms with Crippen LogP contribution >= 0.6 is 91.8 Å². The largest absolute Gasteiger partial charge is 0.384 e. The topological polar surface area (TPSA) is 463 Å². The molecule has 0 unspecified atom stereocenters. The first-order valence-corrected chi connectivity index (χ1v) is 58.6. The molecule has 0 radical (unpaired) electrons. The second-order valence-corrected chi connectivity index (χ2v) is 51.5. The summed E-state index contributed by atoms with van der Waals surface area (Å²) in [6.45, 7) is 18.6. The number of rotatable bonds is 33. The van der Waals surface area contributed by atoms with Gasteiger partial charge in [-0.25, -0.2) is 91.8 Å².